The van der Waals surface area contributed by atoms with Crippen molar-refractivity contribution in [3.05, 3.63) is 58.6 Å². The van der Waals surface area contributed by atoms with Crippen LogP contribution in [-0.4, -0.2) is 30.4 Å². The molecule has 2 heterocycles. The molecule has 1 aliphatic rings. The smallest absolute Gasteiger partial charge is 0.303 e. The van der Waals surface area contributed by atoms with E-state index in [1.54, 1.807) is 16.2 Å². The Morgan fingerprint density at radius 2 is 1.96 bits per heavy atom. The van der Waals surface area contributed by atoms with E-state index < -0.39 is 11.7 Å². The van der Waals surface area contributed by atoms with Gasteiger partial charge in [-0.15, -0.1) is 11.3 Å². The highest BCUT2D eigenvalue weighted by Gasteiger charge is 2.38. The second-order valence-electron chi connectivity index (χ2n) is 7.01. The van der Waals surface area contributed by atoms with Gasteiger partial charge >= 0.3 is 5.91 Å². The number of anilines is 1. The lowest BCUT2D eigenvalue weighted by atomic mass is 10.1. The van der Waals surface area contributed by atoms with Gasteiger partial charge in [-0.25, -0.2) is 4.98 Å². The van der Waals surface area contributed by atoms with Crippen molar-refractivity contribution in [3.8, 4) is 0 Å². The maximum Gasteiger partial charge on any atom is 0.303 e. The molecule has 0 aliphatic carbocycles. The molecule has 27 heavy (non-hydrogen) atoms. The summed E-state index contributed by atoms with van der Waals surface area (Å²) < 4.78 is 1.16. The van der Waals surface area contributed by atoms with Crippen molar-refractivity contribution in [3.63, 3.8) is 0 Å². The Hall–Kier alpha value is -2.57. The Morgan fingerprint density at radius 3 is 2.70 bits per heavy atom. The number of aromatic nitrogens is 1. The average molecular weight is 380 g/mol. The van der Waals surface area contributed by atoms with Gasteiger partial charge in [-0.2, -0.15) is 0 Å². The summed E-state index contributed by atoms with van der Waals surface area (Å²) in [6.07, 6.45) is 0.842. The average Bonchev–Trinajstić information content (AvgIpc) is 3.22. The summed E-state index contributed by atoms with van der Waals surface area (Å²) >= 11 is 1.68. The number of rotatable bonds is 5. The topological polar surface area (TPSA) is 54.7 Å². The molecule has 1 unspecified atom stereocenters. The maximum absolute atomic E-state index is 12.5. The molecule has 4 rings (SSSR count). The van der Waals surface area contributed by atoms with Crippen LogP contribution in [0.25, 0.3) is 10.2 Å². The number of hydrogen-bond acceptors (Lipinski definition) is 4. The lowest BCUT2D eigenvalue weighted by Crippen LogP contribution is -3.10. The number of quaternary nitrogens is 1. The molecule has 0 radical (unpaired) electrons. The van der Waals surface area contributed by atoms with E-state index in [9.17, 15) is 9.59 Å². The fourth-order valence-electron chi connectivity index (χ4n) is 3.40. The third-order valence-electron chi connectivity index (χ3n) is 5.27. The minimum atomic E-state index is -0.436. The van der Waals surface area contributed by atoms with Crippen molar-refractivity contribution < 1.29 is 14.5 Å². The molecule has 5 nitrogen and oxygen atoms in total. The number of benzene rings is 2. The first-order valence-electron chi connectivity index (χ1n) is 9.16. The molecular weight excluding hydrogens is 358 g/mol. The number of para-hydroxylation sites is 1. The van der Waals surface area contributed by atoms with Gasteiger partial charge in [-0.05, 0) is 43.2 Å². The van der Waals surface area contributed by atoms with Gasteiger partial charge < -0.3 is 4.90 Å². The predicted molar refractivity (Wildman–Crippen MR) is 107 cm³/mol. The van der Waals surface area contributed by atoms with Crippen LogP contribution in [0.3, 0.4) is 0 Å². The van der Waals surface area contributed by atoms with Crippen molar-refractivity contribution in [2.24, 2.45) is 0 Å². The van der Waals surface area contributed by atoms with E-state index in [0.717, 1.165) is 37.8 Å². The number of nitrogens with zero attached hydrogens (tertiary/aromatic N) is 2. The molecule has 0 saturated carbocycles. The van der Waals surface area contributed by atoms with Crippen LogP contribution in [-0.2, 0) is 11.2 Å². The van der Waals surface area contributed by atoms with E-state index in [2.05, 4.69) is 13.0 Å². The summed E-state index contributed by atoms with van der Waals surface area (Å²) in [4.78, 5) is 32.4. The van der Waals surface area contributed by atoms with Crippen molar-refractivity contribution in [2.75, 3.05) is 18.6 Å². The minimum absolute atomic E-state index is 0.115. The van der Waals surface area contributed by atoms with E-state index in [1.807, 2.05) is 50.4 Å². The number of carbonyl (C=O) groups excluding carboxylic acids is 2. The fourth-order valence-corrected chi connectivity index (χ4v) is 4.51. The summed E-state index contributed by atoms with van der Waals surface area (Å²) in [6.45, 7) is 4.58. The highest BCUT2D eigenvalue weighted by Crippen LogP contribution is 2.29. The molecule has 0 spiro atoms. The van der Waals surface area contributed by atoms with E-state index in [4.69, 9.17) is 4.98 Å². The van der Waals surface area contributed by atoms with Crippen LogP contribution >= 0.6 is 11.3 Å². The highest BCUT2D eigenvalue weighted by atomic mass is 32.1. The van der Waals surface area contributed by atoms with Crippen LogP contribution in [0.1, 0.15) is 40.8 Å². The predicted octanol–water partition coefficient (Wildman–Crippen LogP) is 2.62. The van der Waals surface area contributed by atoms with E-state index in [-0.39, 0.29) is 6.04 Å². The van der Waals surface area contributed by atoms with Gasteiger partial charge in [-0.1, -0.05) is 25.1 Å². The van der Waals surface area contributed by atoms with Crippen LogP contribution in [0.5, 0.6) is 0 Å². The molecule has 2 aromatic carbocycles. The summed E-state index contributed by atoms with van der Waals surface area (Å²) in [5, 5.41) is 1.04. The molecule has 1 aliphatic heterocycles. The van der Waals surface area contributed by atoms with Crippen molar-refractivity contribution in [2.45, 2.75) is 26.3 Å². The third-order valence-corrected chi connectivity index (χ3v) is 6.49. The first kappa shape index (κ1) is 17.8. The van der Waals surface area contributed by atoms with Crippen LogP contribution in [0.15, 0.2) is 42.5 Å². The molecule has 6 heteroatoms. The van der Waals surface area contributed by atoms with Crippen molar-refractivity contribution in [1.29, 1.82) is 0 Å². The van der Waals surface area contributed by atoms with Gasteiger partial charge in [0.25, 0.3) is 5.78 Å². The number of hydrogen-bond donors (Lipinski definition) is 1. The minimum Gasteiger partial charge on any atom is -0.312 e. The number of carbonyl (C=O) groups is 2. The number of ketones is 1. The van der Waals surface area contributed by atoms with E-state index in [0.29, 0.717) is 12.2 Å². The number of amides is 1. The van der Waals surface area contributed by atoms with Crippen LogP contribution in [0, 0.1) is 0 Å². The SMILES string of the molecule is CCc1ccc2c(c1)C(=O)C(=O)N2C[NH+](C)[C@H](C)c1nc2ccccc2s1. The van der Waals surface area contributed by atoms with Gasteiger partial charge in [0.15, 0.2) is 11.7 Å². The van der Waals surface area contributed by atoms with Gasteiger partial charge in [-0.3, -0.25) is 14.5 Å². The number of thiazole rings is 1. The Labute approximate surface area is 162 Å². The molecule has 138 valence electrons. The second kappa shape index (κ2) is 6.87. The van der Waals surface area contributed by atoms with Crippen molar-refractivity contribution >= 4 is 38.9 Å². The monoisotopic (exact) mass is 380 g/mol. The first-order valence-corrected chi connectivity index (χ1v) is 9.98. The van der Waals surface area contributed by atoms with Gasteiger partial charge in [0.2, 0.25) is 0 Å². The molecule has 2 atom stereocenters. The van der Waals surface area contributed by atoms with Gasteiger partial charge in [0.05, 0.1) is 28.5 Å². The molecular formula is C21H22N3O2S+. The summed E-state index contributed by atoms with van der Waals surface area (Å²) in [5.41, 5.74) is 3.32. The first-order chi connectivity index (χ1) is 13.0. The zero-order valence-electron chi connectivity index (χ0n) is 15.7. The van der Waals surface area contributed by atoms with E-state index >= 15 is 0 Å². The summed E-state index contributed by atoms with van der Waals surface area (Å²) in [7, 11) is 2.03. The standard InChI is InChI=1S/C21H21N3O2S/c1-4-14-9-10-17-15(11-14)19(25)21(26)24(17)12-23(3)13(2)20-22-16-7-5-6-8-18(16)27-20/h5-11,13H,4,12H2,1-3H3/p+1/t13-/m1/s1. The quantitative estimate of drug-likeness (QED) is 0.693. The van der Waals surface area contributed by atoms with Crippen LogP contribution in [0.2, 0.25) is 0 Å². The molecule has 1 N–H and O–H groups in total. The summed E-state index contributed by atoms with van der Waals surface area (Å²) in [6, 6.07) is 13.9. The molecule has 0 fully saturated rings. The Bertz CT molecular complexity index is 1010. The Balaban J connectivity index is 1.58. The zero-order valence-corrected chi connectivity index (χ0v) is 16.5. The molecule has 3 aromatic rings. The lowest BCUT2D eigenvalue weighted by Gasteiger charge is -2.25. The number of nitrogens with one attached hydrogen (secondary N) is 1. The Morgan fingerprint density at radius 1 is 1.19 bits per heavy atom. The van der Waals surface area contributed by atoms with Gasteiger partial charge in [0, 0.05) is 0 Å². The molecule has 0 bridgehead atoms. The van der Waals surface area contributed by atoms with Crippen LogP contribution < -0.4 is 9.80 Å². The van der Waals surface area contributed by atoms with Crippen LogP contribution in [0.4, 0.5) is 5.69 Å². The lowest BCUT2D eigenvalue weighted by molar-refractivity contribution is -0.908. The molecule has 1 amide bonds. The maximum atomic E-state index is 12.5. The Kier molecular flexibility index (Phi) is 4.53. The fraction of sp³-hybridized carbons (Fsp3) is 0.286. The highest BCUT2D eigenvalue weighted by molar-refractivity contribution is 7.18. The second-order valence-corrected chi connectivity index (χ2v) is 8.08. The number of Topliss-reactive ketones (excluding diaryl/α,β-unsaturated/α-hetero) is 1. The molecule has 0 saturated heterocycles. The van der Waals surface area contributed by atoms with E-state index in [1.165, 1.54) is 0 Å². The van der Waals surface area contributed by atoms with Gasteiger partial charge in [0.1, 0.15) is 6.04 Å². The normalized spacial score (nSPS) is 16.0. The largest absolute Gasteiger partial charge is 0.312 e. The third kappa shape index (κ3) is 3.05. The zero-order chi connectivity index (χ0) is 19.1. The number of fused-ring (bicyclic) bond motifs is 2. The summed E-state index contributed by atoms with van der Waals surface area (Å²) in [5.74, 6) is -0.838. The van der Waals surface area contributed by atoms with Crippen molar-refractivity contribution in [1.82, 2.24) is 4.98 Å². The number of aryl methyl sites for hydroxylation is 1. The molecule has 1 aromatic heterocycles.